The Hall–Kier alpha value is -2.01. The molecule has 0 bridgehead atoms. The van der Waals surface area contributed by atoms with E-state index in [-0.39, 0.29) is 6.03 Å². The van der Waals surface area contributed by atoms with E-state index in [1.165, 1.54) is 4.88 Å². The summed E-state index contributed by atoms with van der Waals surface area (Å²) in [7, 11) is 1.79. The normalized spacial score (nSPS) is 10.2. The van der Waals surface area contributed by atoms with Crippen LogP contribution >= 0.6 is 11.3 Å². The van der Waals surface area contributed by atoms with Gasteiger partial charge in [-0.15, -0.1) is 11.3 Å². The standard InChI is InChI=1S/C14H17N3OS/c1-17(8-7-13-6-3-9-19-13)14(18)16-12-5-2-4-11(15)10-12/h2-6,9-10H,7-8,15H2,1H3,(H,16,18). The van der Waals surface area contributed by atoms with Gasteiger partial charge in [-0.25, -0.2) is 4.79 Å². The number of thiophene rings is 1. The molecule has 1 aromatic heterocycles. The first-order chi connectivity index (χ1) is 9.15. The molecule has 2 rings (SSSR count). The Kier molecular flexibility index (Phi) is 4.41. The average molecular weight is 275 g/mol. The second-order valence-corrected chi connectivity index (χ2v) is 5.34. The smallest absolute Gasteiger partial charge is 0.321 e. The van der Waals surface area contributed by atoms with Crippen LogP contribution in [0.5, 0.6) is 0 Å². The zero-order chi connectivity index (χ0) is 13.7. The summed E-state index contributed by atoms with van der Waals surface area (Å²) in [5, 5.41) is 4.87. The number of carbonyl (C=O) groups is 1. The lowest BCUT2D eigenvalue weighted by Crippen LogP contribution is -2.32. The van der Waals surface area contributed by atoms with E-state index in [1.54, 1.807) is 35.4 Å². The fraction of sp³-hybridized carbons (Fsp3) is 0.214. The largest absolute Gasteiger partial charge is 0.399 e. The second-order valence-electron chi connectivity index (χ2n) is 4.31. The Labute approximate surface area is 116 Å². The van der Waals surface area contributed by atoms with Gasteiger partial charge in [0.1, 0.15) is 0 Å². The highest BCUT2D eigenvalue weighted by Gasteiger charge is 2.09. The molecule has 0 saturated heterocycles. The Morgan fingerprint density at radius 1 is 1.37 bits per heavy atom. The number of nitrogens with two attached hydrogens (primary N) is 1. The highest BCUT2D eigenvalue weighted by Crippen LogP contribution is 2.13. The molecule has 1 aromatic carbocycles. The summed E-state index contributed by atoms with van der Waals surface area (Å²) in [5.74, 6) is 0. The Morgan fingerprint density at radius 2 is 2.21 bits per heavy atom. The third-order valence-corrected chi connectivity index (χ3v) is 3.69. The van der Waals surface area contributed by atoms with Crippen LogP contribution in [0.1, 0.15) is 4.88 Å². The highest BCUT2D eigenvalue weighted by atomic mass is 32.1. The fourth-order valence-corrected chi connectivity index (χ4v) is 2.37. The molecule has 0 saturated carbocycles. The van der Waals surface area contributed by atoms with Crippen molar-refractivity contribution in [1.82, 2.24) is 4.90 Å². The van der Waals surface area contributed by atoms with Crippen LogP contribution in [0.15, 0.2) is 41.8 Å². The van der Waals surface area contributed by atoms with E-state index in [1.807, 2.05) is 23.6 Å². The van der Waals surface area contributed by atoms with Crippen LogP contribution in [-0.2, 0) is 6.42 Å². The number of carbonyl (C=O) groups excluding carboxylic acids is 1. The van der Waals surface area contributed by atoms with Crippen molar-refractivity contribution in [3.05, 3.63) is 46.7 Å². The summed E-state index contributed by atoms with van der Waals surface area (Å²) in [4.78, 5) is 14.9. The Bertz CT molecular complexity index is 539. The van der Waals surface area contributed by atoms with Gasteiger partial charge in [0.15, 0.2) is 0 Å². The van der Waals surface area contributed by atoms with Crippen molar-refractivity contribution in [2.24, 2.45) is 0 Å². The summed E-state index contributed by atoms with van der Waals surface area (Å²) < 4.78 is 0. The molecule has 0 aliphatic heterocycles. The second kappa shape index (κ2) is 6.24. The number of nitrogens with zero attached hydrogens (tertiary/aromatic N) is 1. The Balaban J connectivity index is 1.85. The summed E-state index contributed by atoms with van der Waals surface area (Å²) >= 11 is 1.71. The van der Waals surface area contributed by atoms with E-state index >= 15 is 0 Å². The molecule has 0 aliphatic carbocycles. The van der Waals surface area contributed by atoms with Crippen molar-refractivity contribution in [2.75, 3.05) is 24.6 Å². The van der Waals surface area contributed by atoms with Gasteiger partial charge >= 0.3 is 6.03 Å². The molecule has 5 heteroatoms. The van der Waals surface area contributed by atoms with Gasteiger partial charge in [-0.05, 0) is 36.1 Å². The molecule has 0 spiro atoms. The minimum atomic E-state index is -0.123. The van der Waals surface area contributed by atoms with Gasteiger partial charge in [0.2, 0.25) is 0 Å². The van der Waals surface area contributed by atoms with Gasteiger partial charge < -0.3 is 16.0 Å². The zero-order valence-electron chi connectivity index (χ0n) is 10.8. The number of hydrogen-bond donors (Lipinski definition) is 2. The fourth-order valence-electron chi connectivity index (χ4n) is 1.67. The van der Waals surface area contributed by atoms with Gasteiger partial charge in [0.25, 0.3) is 0 Å². The predicted molar refractivity (Wildman–Crippen MR) is 80.5 cm³/mol. The molecule has 0 aliphatic rings. The van der Waals surface area contributed by atoms with Crippen LogP contribution in [0.25, 0.3) is 0 Å². The number of nitrogen functional groups attached to an aromatic ring is 1. The van der Waals surface area contributed by atoms with Gasteiger partial charge in [-0.3, -0.25) is 0 Å². The first kappa shape index (κ1) is 13.4. The van der Waals surface area contributed by atoms with E-state index in [4.69, 9.17) is 5.73 Å². The number of hydrogen-bond acceptors (Lipinski definition) is 3. The van der Waals surface area contributed by atoms with Crippen LogP contribution in [0.3, 0.4) is 0 Å². The lowest BCUT2D eigenvalue weighted by Gasteiger charge is -2.17. The maximum absolute atomic E-state index is 12.0. The molecular weight excluding hydrogens is 258 g/mol. The molecule has 4 nitrogen and oxygen atoms in total. The van der Waals surface area contributed by atoms with E-state index in [0.717, 1.165) is 6.42 Å². The van der Waals surface area contributed by atoms with Crippen LogP contribution in [0, 0.1) is 0 Å². The molecule has 1 heterocycles. The van der Waals surface area contributed by atoms with E-state index in [9.17, 15) is 4.79 Å². The van der Waals surface area contributed by atoms with Gasteiger partial charge in [0, 0.05) is 29.8 Å². The maximum Gasteiger partial charge on any atom is 0.321 e. The van der Waals surface area contributed by atoms with Gasteiger partial charge in [-0.1, -0.05) is 12.1 Å². The monoisotopic (exact) mass is 275 g/mol. The number of benzene rings is 1. The number of nitrogens with one attached hydrogen (secondary N) is 1. The lowest BCUT2D eigenvalue weighted by atomic mass is 10.3. The number of urea groups is 1. The van der Waals surface area contributed by atoms with Crippen molar-refractivity contribution >= 4 is 28.7 Å². The summed E-state index contributed by atoms with van der Waals surface area (Å²) in [5.41, 5.74) is 7.02. The quantitative estimate of drug-likeness (QED) is 0.843. The highest BCUT2D eigenvalue weighted by molar-refractivity contribution is 7.09. The number of likely N-dealkylation sites (N-methyl/N-ethyl adjacent to an activating group) is 1. The van der Waals surface area contributed by atoms with Gasteiger partial charge in [0.05, 0.1) is 0 Å². The summed E-state index contributed by atoms with van der Waals surface area (Å²) in [6, 6.07) is 11.1. The van der Waals surface area contributed by atoms with E-state index in [0.29, 0.717) is 17.9 Å². The van der Waals surface area contributed by atoms with Crippen molar-refractivity contribution in [3.63, 3.8) is 0 Å². The molecule has 2 amide bonds. The van der Waals surface area contributed by atoms with Crippen molar-refractivity contribution < 1.29 is 4.79 Å². The number of anilines is 2. The first-order valence-electron chi connectivity index (χ1n) is 6.05. The minimum absolute atomic E-state index is 0.123. The zero-order valence-corrected chi connectivity index (χ0v) is 11.6. The van der Waals surface area contributed by atoms with Crippen LogP contribution in [0.4, 0.5) is 16.2 Å². The van der Waals surface area contributed by atoms with E-state index in [2.05, 4.69) is 11.4 Å². The summed E-state index contributed by atoms with van der Waals surface area (Å²) in [6.07, 6.45) is 0.874. The molecule has 0 fully saturated rings. The summed E-state index contributed by atoms with van der Waals surface area (Å²) in [6.45, 7) is 0.689. The molecule has 3 N–H and O–H groups in total. The van der Waals surface area contributed by atoms with Crippen molar-refractivity contribution in [3.8, 4) is 0 Å². The number of rotatable bonds is 4. The van der Waals surface area contributed by atoms with Gasteiger partial charge in [-0.2, -0.15) is 0 Å². The molecule has 100 valence electrons. The molecule has 2 aromatic rings. The topological polar surface area (TPSA) is 58.4 Å². The third kappa shape index (κ3) is 3.99. The lowest BCUT2D eigenvalue weighted by molar-refractivity contribution is 0.223. The van der Waals surface area contributed by atoms with Crippen molar-refractivity contribution in [2.45, 2.75) is 6.42 Å². The number of amides is 2. The molecular formula is C14H17N3OS. The van der Waals surface area contributed by atoms with Crippen LogP contribution in [0.2, 0.25) is 0 Å². The molecule has 0 radical (unpaired) electrons. The predicted octanol–water partition coefficient (Wildman–Crippen LogP) is 3.04. The van der Waals surface area contributed by atoms with Crippen LogP contribution in [-0.4, -0.2) is 24.5 Å². The van der Waals surface area contributed by atoms with Crippen molar-refractivity contribution in [1.29, 1.82) is 0 Å². The minimum Gasteiger partial charge on any atom is -0.399 e. The molecule has 19 heavy (non-hydrogen) atoms. The van der Waals surface area contributed by atoms with E-state index < -0.39 is 0 Å². The molecule has 0 atom stereocenters. The first-order valence-corrected chi connectivity index (χ1v) is 6.93. The third-order valence-electron chi connectivity index (χ3n) is 2.76. The Morgan fingerprint density at radius 3 is 2.89 bits per heavy atom. The average Bonchev–Trinajstić information content (AvgIpc) is 2.89. The SMILES string of the molecule is CN(CCc1cccs1)C(=O)Nc1cccc(N)c1. The molecule has 0 unspecified atom stereocenters. The van der Waals surface area contributed by atoms with Crippen LogP contribution < -0.4 is 11.1 Å². The maximum atomic E-state index is 12.0.